The molecule has 0 atom stereocenters. The Bertz CT molecular complexity index is 788. The van der Waals surface area contributed by atoms with Gasteiger partial charge in [0, 0.05) is 24.7 Å². The summed E-state index contributed by atoms with van der Waals surface area (Å²) in [4.78, 5) is 24.7. The van der Waals surface area contributed by atoms with Gasteiger partial charge in [0.15, 0.2) is 0 Å². The van der Waals surface area contributed by atoms with Gasteiger partial charge in [0.1, 0.15) is 5.75 Å². The number of imide groups is 1. The molecule has 0 aliphatic carbocycles. The molecule has 0 aromatic heterocycles. The van der Waals surface area contributed by atoms with Gasteiger partial charge in [-0.2, -0.15) is 8.42 Å². The van der Waals surface area contributed by atoms with E-state index >= 15 is 0 Å². The summed E-state index contributed by atoms with van der Waals surface area (Å²) in [6.45, 7) is 5.97. The summed E-state index contributed by atoms with van der Waals surface area (Å²) in [5, 5.41) is 5.53. The molecule has 0 radical (unpaired) electrons. The first-order chi connectivity index (χ1) is 12.8. The van der Waals surface area contributed by atoms with Gasteiger partial charge in [-0.15, -0.1) is 0 Å². The third-order valence-electron chi connectivity index (χ3n) is 4.38. The number of carbonyl (C=O) groups is 2. The van der Waals surface area contributed by atoms with Crippen molar-refractivity contribution in [1.29, 1.82) is 0 Å². The lowest BCUT2D eigenvalue weighted by atomic mass is 9.89. The summed E-state index contributed by atoms with van der Waals surface area (Å²) in [6.07, 6.45) is 2.97. The van der Waals surface area contributed by atoms with Crippen LogP contribution in [-0.4, -0.2) is 46.2 Å². The zero-order valence-corrected chi connectivity index (χ0v) is 16.8. The van der Waals surface area contributed by atoms with Crippen molar-refractivity contribution in [3.05, 3.63) is 23.8 Å². The molecule has 2 N–H and O–H groups in total. The number of carbonyl (C=O) groups excluding carboxylic acids is 2. The van der Waals surface area contributed by atoms with E-state index in [9.17, 15) is 18.0 Å². The van der Waals surface area contributed by atoms with E-state index in [-0.39, 0.29) is 30.5 Å². The SMILES string of the molecule is CC.CS(=O)(=O)Oc1cc(N2CCC(=O)NC2=O)ccc1C1CCNCC1. The molecular weight excluding hydrogens is 370 g/mol. The Kier molecular flexibility index (Phi) is 7.20. The highest BCUT2D eigenvalue weighted by molar-refractivity contribution is 7.86. The molecule has 27 heavy (non-hydrogen) atoms. The van der Waals surface area contributed by atoms with Gasteiger partial charge in [-0.1, -0.05) is 19.9 Å². The molecule has 3 rings (SSSR count). The van der Waals surface area contributed by atoms with Crippen molar-refractivity contribution in [1.82, 2.24) is 10.6 Å². The van der Waals surface area contributed by atoms with Gasteiger partial charge in [0.05, 0.1) is 6.26 Å². The van der Waals surface area contributed by atoms with Gasteiger partial charge < -0.3 is 9.50 Å². The van der Waals surface area contributed by atoms with E-state index in [1.54, 1.807) is 12.1 Å². The summed E-state index contributed by atoms with van der Waals surface area (Å²) in [7, 11) is -3.70. The second kappa shape index (κ2) is 9.18. The van der Waals surface area contributed by atoms with Crippen molar-refractivity contribution >= 4 is 27.7 Å². The summed E-state index contributed by atoms with van der Waals surface area (Å²) in [6, 6.07) is 4.63. The number of hydrogen-bond acceptors (Lipinski definition) is 6. The molecule has 2 aliphatic rings. The second-order valence-corrected chi connectivity index (χ2v) is 7.86. The van der Waals surface area contributed by atoms with Gasteiger partial charge in [0.25, 0.3) is 0 Å². The van der Waals surface area contributed by atoms with Crippen LogP contribution in [0.25, 0.3) is 0 Å². The van der Waals surface area contributed by atoms with E-state index in [1.807, 2.05) is 19.9 Å². The predicted molar refractivity (Wildman–Crippen MR) is 104 cm³/mol. The Morgan fingerprint density at radius 1 is 1.15 bits per heavy atom. The van der Waals surface area contributed by atoms with E-state index in [2.05, 4.69) is 10.6 Å². The lowest BCUT2D eigenvalue weighted by Gasteiger charge is -2.29. The molecule has 1 aromatic carbocycles. The van der Waals surface area contributed by atoms with Crippen LogP contribution in [0.1, 0.15) is 44.6 Å². The maximum absolute atomic E-state index is 12.0. The largest absolute Gasteiger partial charge is 0.382 e. The summed E-state index contributed by atoms with van der Waals surface area (Å²) >= 11 is 0. The van der Waals surface area contributed by atoms with Crippen LogP contribution in [0.15, 0.2) is 18.2 Å². The molecule has 2 saturated heterocycles. The minimum atomic E-state index is -3.70. The number of nitrogens with zero attached hydrogens (tertiary/aromatic N) is 1. The third kappa shape index (κ3) is 5.67. The highest BCUT2D eigenvalue weighted by atomic mass is 32.2. The van der Waals surface area contributed by atoms with Crippen LogP contribution in [0.5, 0.6) is 5.75 Å². The minimum Gasteiger partial charge on any atom is -0.382 e. The highest BCUT2D eigenvalue weighted by Gasteiger charge is 2.27. The number of piperidine rings is 1. The van der Waals surface area contributed by atoms with Gasteiger partial charge in [-0.3, -0.25) is 15.0 Å². The Morgan fingerprint density at radius 3 is 2.41 bits per heavy atom. The quantitative estimate of drug-likeness (QED) is 0.753. The summed E-state index contributed by atoms with van der Waals surface area (Å²) in [5.74, 6) is 0.126. The van der Waals surface area contributed by atoms with E-state index < -0.39 is 16.1 Å². The monoisotopic (exact) mass is 397 g/mol. The summed E-state index contributed by atoms with van der Waals surface area (Å²) in [5.41, 5.74) is 1.32. The number of nitrogens with one attached hydrogen (secondary N) is 2. The number of amides is 3. The van der Waals surface area contributed by atoms with Crippen molar-refractivity contribution < 1.29 is 22.2 Å². The van der Waals surface area contributed by atoms with Crippen molar-refractivity contribution in [2.45, 2.75) is 39.0 Å². The van der Waals surface area contributed by atoms with Crippen molar-refractivity contribution in [3.63, 3.8) is 0 Å². The fourth-order valence-corrected chi connectivity index (χ4v) is 3.68. The first-order valence-corrected chi connectivity index (χ1v) is 11.0. The Morgan fingerprint density at radius 2 is 1.81 bits per heavy atom. The van der Waals surface area contributed by atoms with E-state index in [0.717, 1.165) is 37.8 Å². The lowest BCUT2D eigenvalue weighted by molar-refractivity contribution is -0.120. The van der Waals surface area contributed by atoms with Crippen molar-refractivity contribution in [2.24, 2.45) is 0 Å². The Labute approximate surface area is 160 Å². The van der Waals surface area contributed by atoms with Gasteiger partial charge >= 0.3 is 16.1 Å². The fourth-order valence-electron chi connectivity index (χ4n) is 3.21. The molecule has 150 valence electrons. The molecule has 1 aromatic rings. The van der Waals surface area contributed by atoms with Gasteiger partial charge in [-0.05, 0) is 43.5 Å². The molecule has 9 heteroatoms. The van der Waals surface area contributed by atoms with E-state index in [1.165, 1.54) is 4.90 Å². The number of benzene rings is 1. The zero-order chi connectivity index (χ0) is 20.0. The summed E-state index contributed by atoms with van der Waals surface area (Å²) < 4.78 is 28.5. The average molecular weight is 397 g/mol. The van der Waals surface area contributed by atoms with Crippen LogP contribution >= 0.6 is 0 Å². The Balaban J connectivity index is 0.00000126. The maximum Gasteiger partial charge on any atom is 0.328 e. The number of hydrogen-bond donors (Lipinski definition) is 2. The van der Waals surface area contributed by atoms with Crippen LogP contribution in [0.2, 0.25) is 0 Å². The molecule has 2 fully saturated rings. The van der Waals surface area contributed by atoms with Crippen LogP contribution in [0.3, 0.4) is 0 Å². The standard InChI is InChI=1S/C16H21N3O5S.C2H6/c1-25(22,23)24-14-10-12(19-9-6-15(20)18-16(19)21)2-3-13(14)11-4-7-17-8-5-11;1-2/h2-3,10-11,17H,4-9H2,1H3,(H,18,20,21);1-2H3. The molecule has 0 saturated carbocycles. The molecule has 3 amide bonds. The maximum atomic E-state index is 12.0. The molecule has 2 heterocycles. The fraction of sp³-hybridized carbons (Fsp3) is 0.556. The molecule has 8 nitrogen and oxygen atoms in total. The number of rotatable bonds is 4. The van der Waals surface area contributed by atoms with Crippen molar-refractivity contribution in [3.8, 4) is 5.75 Å². The van der Waals surface area contributed by atoms with E-state index in [0.29, 0.717) is 5.69 Å². The average Bonchev–Trinajstić information content (AvgIpc) is 2.63. The number of anilines is 1. The number of urea groups is 1. The third-order valence-corrected chi connectivity index (χ3v) is 4.87. The van der Waals surface area contributed by atoms with E-state index in [4.69, 9.17) is 4.18 Å². The normalized spacial score (nSPS) is 18.4. The molecule has 0 unspecified atom stereocenters. The first kappa shape index (κ1) is 21.2. The van der Waals surface area contributed by atoms with Crippen LogP contribution in [-0.2, 0) is 14.9 Å². The van der Waals surface area contributed by atoms with Crippen LogP contribution < -0.4 is 19.7 Å². The molecular formula is C18H27N3O5S. The Hall–Kier alpha value is -2.13. The highest BCUT2D eigenvalue weighted by Crippen LogP contribution is 2.36. The molecule has 0 bridgehead atoms. The van der Waals surface area contributed by atoms with Gasteiger partial charge in [-0.25, -0.2) is 4.79 Å². The van der Waals surface area contributed by atoms with Gasteiger partial charge in [0.2, 0.25) is 5.91 Å². The van der Waals surface area contributed by atoms with Crippen LogP contribution in [0.4, 0.5) is 10.5 Å². The molecule has 2 aliphatic heterocycles. The minimum absolute atomic E-state index is 0.198. The zero-order valence-electron chi connectivity index (χ0n) is 15.9. The lowest BCUT2D eigenvalue weighted by Crippen LogP contribution is -2.49. The molecule has 0 spiro atoms. The smallest absolute Gasteiger partial charge is 0.328 e. The predicted octanol–water partition coefficient (Wildman–Crippen LogP) is 1.96. The second-order valence-electron chi connectivity index (χ2n) is 6.29. The topological polar surface area (TPSA) is 105 Å². The van der Waals surface area contributed by atoms with Crippen molar-refractivity contribution in [2.75, 3.05) is 30.8 Å². The first-order valence-electron chi connectivity index (χ1n) is 9.19. The van der Waals surface area contributed by atoms with Crippen LogP contribution in [0, 0.1) is 0 Å².